The first-order valence-corrected chi connectivity index (χ1v) is 6.13. The smallest absolute Gasteiger partial charge is 0.224 e. The highest BCUT2D eigenvalue weighted by Crippen LogP contribution is 2.15. The minimum absolute atomic E-state index is 0. The molecule has 0 radical (unpaired) electrons. The summed E-state index contributed by atoms with van der Waals surface area (Å²) >= 11 is 0. The van der Waals surface area contributed by atoms with Crippen LogP contribution in [-0.2, 0) is 11.2 Å². The Labute approximate surface area is 120 Å². The molecule has 3 N–H and O–H groups in total. The summed E-state index contributed by atoms with van der Waals surface area (Å²) < 4.78 is 12.7. The van der Waals surface area contributed by atoms with E-state index in [1.165, 1.54) is 12.1 Å². The SMILES string of the molecule is CC(C)C(C)(CN)NC(=O)Cc1ccc(F)cc1.Cl. The van der Waals surface area contributed by atoms with Gasteiger partial charge in [0.25, 0.3) is 0 Å². The van der Waals surface area contributed by atoms with Crippen molar-refractivity contribution in [2.45, 2.75) is 32.7 Å². The minimum atomic E-state index is -0.406. The van der Waals surface area contributed by atoms with E-state index in [1.54, 1.807) is 12.1 Å². The van der Waals surface area contributed by atoms with Gasteiger partial charge in [-0.25, -0.2) is 4.39 Å². The van der Waals surface area contributed by atoms with Crippen LogP contribution in [-0.4, -0.2) is 18.0 Å². The average molecular weight is 289 g/mol. The molecule has 5 heteroatoms. The predicted octanol–water partition coefficient (Wildman–Crippen LogP) is 2.28. The molecular weight excluding hydrogens is 267 g/mol. The van der Waals surface area contributed by atoms with Crippen LogP contribution >= 0.6 is 12.4 Å². The zero-order valence-electron chi connectivity index (χ0n) is 11.6. The van der Waals surface area contributed by atoms with E-state index in [0.717, 1.165) is 5.56 Å². The molecule has 0 fully saturated rings. The van der Waals surface area contributed by atoms with Gasteiger partial charge in [0.05, 0.1) is 12.0 Å². The molecule has 0 saturated carbocycles. The third-order valence-electron chi connectivity index (χ3n) is 3.40. The summed E-state index contributed by atoms with van der Waals surface area (Å²) in [4.78, 5) is 11.9. The second kappa shape index (κ2) is 7.46. The highest BCUT2D eigenvalue weighted by molar-refractivity contribution is 5.85. The maximum absolute atomic E-state index is 12.7. The average Bonchev–Trinajstić information content (AvgIpc) is 2.31. The summed E-state index contributed by atoms with van der Waals surface area (Å²) in [5.74, 6) is -0.143. The van der Waals surface area contributed by atoms with Crippen LogP contribution < -0.4 is 11.1 Å². The van der Waals surface area contributed by atoms with Gasteiger partial charge in [-0.3, -0.25) is 4.79 Å². The lowest BCUT2D eigenvalue weighted by molar-refractivity contribution is -0.122. The summed E-state index contributed by atoms with van der Waals surface area (Å²) in [6.07, 6.45) is 0.239. The van der Waals surface area contributed by atoms with Crippen molar-refractivity contribution < 1.29 is 9.18 Å². The van der Waals surface area contributed by atoms with E-state index in [-0.39, 0.29) is 36.5 Å². The molecule has 108 valence electrons. The molecule has 0 saturated heterocycles. The number of carbonyl (C=O) groups is 1. The third kappa shape index (κ3) is 5.17. The maximum atomic E-state index is 12.7. The first-order chi connectivity index (χ1) is 8.37. The zero-order chi connectivity index (χ0) is 13.8. The standard InChI is InChI=1S/C14H21FN2O.ClH/c1-10(2)14(3,9-16)17-13(18)8-11-4-6-12(15)7-5-11;/h4-7,10H,8-9,16H2,1-3H3,(H,17,18);1H. The largest absolute Gasteiger partial charge is 0.349 e. The van der Waals surface area contributed by atoms with Crippen LogP contribution in [0, 0.1) is 11.7 Å². The highest BCUT2D eigenvalue weighted by atomic mass is 35.5. The van der Waals surface area contributed by atoms with E-state index in [2.05, 4.69) is 5.32 Å². The van der Waals surface area contributed by atoms with Gasteiger partial charge in [0.2, 0.25) is 5.91 Å². The summed E-state index contributed by atoms with van der Waals surface area (Å²) in [5.41, 5.74) is 6.09. The quantitative estimate of drug-likeness (QED) is 0.873. The molecular formula is C14H22ClFN2O. The van der Waals surface area contributed by atoms with Gasteiger partial charge in [-0.05, 0) is 30.5 Å². The third-order valence-corrected chi connectivity index (χ3v) is 3.40. The maximum Gasteiger partial charge on any atom is 0.224 e. The zero-order valence-corrected chi connectivity index (χ0v) is 12.4. The lowest BCUT2D eigenvalue weighted by atomic mass is 9.88. The van der Waals surface area contributed by atoms with E-state index in [1.807, 2.05) is 20.8 Å². The molecule has 0 aromatic heterocycles. The molecule has 3 nitrogen and oxygen atoms in total. The summed E-state index contributed by atoms with van der Waals surface area (Å²) in [7, 11) is 0. The van der Waals surface area contributed by atoms with Crippen molar-refractivity contribution in [3.8, 4) is 0 Å². The predicted molar refractivity (Wildman–Crippen MR) is 77.8 cm³/mol. The molecule has 1 amide bonds. The minimum Gasteiger partial charge on any atom is -0.349 e. The molecule has 1 unspecified atom stereocenters. The number of halogens is 2. The fourth-order valence-corrected chi connectivity index (χ4v) is 1.58. The van der Waals surface area contributed by atoms with Crippen molar-refractivity contribution in [2.75, 3.05) is 6.54 Å². The van der Waals surface area contributed by atoms with Gasteiger partial charge in [-0.2, -0.15) is 0 Å². The Hall–Kier alpha value is -1.13. The molecule has 1 rings (SSSR count). The Balaban J connectivity index is 0.00000324. The number of carbonyl (C=O) groups excluding carboxylic acids is 1. The lowest BCUT2D eigenvalue weighted by Crippen LogP contribution is -2.55. The number of benzene rings is 1. The number of hydrogen-bond acceptors (Lipinski definition) is 2. The second-order valence-corrected chi connectivity index (χ2v) is 5.13. The Morgan fingerprint density at radius 1 is 1.37 bits per heavy atom. The molecule has 1 aromatic carbocycles. The molecule has 19 heavy (non-hydrogen) atoms. The summed E-state index contributed by atoms with van der Waals surface area (Å²) in [6.45, 7) is 6.36. The lowest BCUT2D eigenvalue weighted by Gasteiger charge is -2.33. The van der Waals surface area contributed by atoms with Gasteiger partial charge in [0, 0.05) is 6.54 Å². The molecule has 0 aliphatic carbocycles. The van der Waals surface area contributed by atoms with Gasteiger partial charge in [0.15, 0.2) is 0 Å². The van der Waals surface area contributed by atoms with Crippen LogP contribution in [0.5, 0.6) is 0 Å². The molecule has 0 bridgehead atoms. The number of nitrogens with one attached hydrogen (secondary N) is 1. The van der Waals surface area contributed by atoms with Crippen LogP contribution in [0.3, 0.4) is 0 Å². The second-order valence-electron chi connectivity index (χ2n) is 5.13. The molecule has 0 aliphatic rings. The van der Waals surface area contributed by atoms with Crippen molar-refractivity contribution in [3.05, 3.63) is 35.6 Å². The molecule has 1 aromatic rings. The van der Waals surface area contributed by atoms with Crippen LogP contribution in [0.15, 0.2) is 24.3 Å². The molecule has 0 heterocycles. The molecule has 1 atom stereocenters. The first-order valence-electron chi connectivity index (χ1n) is 6.13. The van der Waals surface area contributed by atoms with Crippen LogP contribution in [0.2, 0.25) is 0 Å². The highest BCUT2D eigenvalue weighted by Gasteiger charge is 2.28. The van der Waals surface area contributed by atoms with E-state index in [4.69, 9.17) is 5.73 Å². The van der Waals surface area contributed by atoms with Crippen LogP contribution in [0.4, 0.5) is 4.39 Å². The van der Waals surface area contributed by atoms with Crippen LogP contribution in [0.25, 0.3) is 0 Å². The van der Waals surface area contributed by atoms with Gasteiger partial charge in [-0.15, -0.1) is 12.4 Å². The summed E-state index contributed by atoms with van der Waals surface area (Å²) in [5, 5.41) is 2.95. The summed E-state index contributed by atoms with van der Waals surface area (Å²) in [6, 6.07) is 5.94. The van der Waals surface area contributed by atoms with E-state index < -0.39 is 5.54 Å². The number of amides is 1. The van der Waals surface area contributed by atoms with Gasteiger partial charge in [-0.1, -0.05) is 26.0 Å². The fraction of sp³-hybridized carbons (Fsp3) is 0.500. The van der Waals surface area contributed by atoms with Crippen molar-refractivity contribution >= 4 is 18.3 Å². The van der Waals surface area contributed by atoms with E-state index >= 15 is 0 Å². The fourth-order valence-electron chi connectivity index (χ4n) is 1.58. The first kappa shape index (κ1) is 17.9. The van der Waals surface area contributed by atoms with E-state index in [9.17, 15) is 9.18 Å². The Bertz CT molecular complexity index is 408. The van der Waals surface area contributed by atoms with Crippen molar-refractivity contribution in [3.63, 3.8) is 0 Å². The normalized spacial score (nSPS) is 13.6. The Morgan fingerprint density at radius 2 is 1.89 bits per heavy atom. The van der Waals surface area contributed by atoms with Crippen molar-refractivity contribution in [1.82, 2.24) is 5.32 Å². The topological polar surface area (TPSA) is 55.1 Å². The van der Waals surface area contributed by atoms with E-state index in [0.29, 0.717) is 6.54 Å². The van der Waals surface area contributed by atoms with Crippen molar-refractivity contribution in [1.29, 1.82) is 0 Å². The van der Waals surface area contributed by atoms with Crippen molar-refractivity contribution in [2.24, 2.45) is 11.7 Å². The number of hydrogen-bond donors (Lipinski definition) is 2. The van der Waals surface area contributed by atoms with Gasteiger partial charge >= 0.3 is 0 Å². The molecule has 0 spiro atoms. The van der Waals surface area contributed by atoms with Gasteiger partial charge < -0.3 is 11.1 Å². The number of nitrogens with two attached hydrogens (primary N) is 1. The van der Waals surface area contributed by atoms with Gasteiger partial charge in [0.1, 0.15) is 5.82 Å². The van der Waals surface area contributed by atoms with Crippen LogP contribution in [0.1, 0.15) is 26.3 Å². The number of rotatable bonds is 5. The molecule has 0 aliphatic heterocycles. The Morgan fingerprint density at radius 3 is 2.32 bits per heavy atom. The Kier molecular flexibility index (Phi) is 7.01. The monoisotopic (exact) mass is 288 g/mol.